The Labute approximate surface area is 280 Å². The van der Waals surface area contributed by atoms with E-state index in [9.17, 15) is 9.59 Å². The van der Waals surface area contributed by atoms with E-state index in [1.165, 1.54) is 101 Å². The second-order valence-corrected chi connectivity index (χ2v) is 19.1. The molecule has 0 radical (unpaired) electrons. The fourth-order valence-electron chi connectivity index (χ4n) is 14.6. The number of fused-ring (bicyclic) bond motifs is 10. The highest BCUT2D eigenvalue weighted by atomic mass is 16.5. The summed E-state index contributed by atoms with van der Waals surface area (Å²) in [4.78, 5) is 27.0. The summed E-state index contributed by atoms with van der Waals surface area (Å²) in [5.74, 6) is 2.74. The molecule has 0 aromatic heterocycles. The molecule has 0 aromatic rings. The lowest BCUT2D eigenvalue weighted by atomic mass is 9.32. The summed E-state index contributed by atoms with van der Waals surface area (Å²) < 4.78 is 13.2. The van der Waals surface area contributed by atoms with E-state index in [0.29, 0.717) is 36.2 Å². The largest absolute Gasteiger partial charge is 0.465 e. The van der Waals surface area contributed by atoms with Crippen LogP contribution in [0.5, 0.6) is 0 Å². The summed E-state index contributed by atoms with van der Waals surface area (Å²) >= 11 is 0. The molecule has 0 amide bonds. The van der Waals surface area contributed by atoms with Gasteiger partial charge in [-0.05, 0) is 116 Å². The number of nitrogens with zero attached hydrogens (tertiary/aromatic N) is 2. The Morgan fingerprint density at radius 2 is 1.48 bits per heavy atom. The lowest BCUT2D eigenvalue weighted by Crippen LogP contribution is -2.68. The standard InChI is InChI=1S/C40H65N2O4/c1-27(25-42-22-19-41(20-23-42)21-24-42)30-11-16-40(26-45-28(2)43)18-17-38(7)31(35(30)40)9-10-33-37(6)14-13-34(46-29(3)44)36(4,5)32(37)12-15-39(33,38)8/h30-35H,1,9-26H2,2-8H3/q+1/t30-,31?,32?,33?,34-,35?,37-,38+,39+,40+/m0/s1. The van der Waals surface area contributed by atoms with Crippen LogP contribution in [0.15, 0.2) is 12.2 Å². The van der Waals surface area contributed by atoms with Crippen LogP contribution in [0.2, 0.25) is 0 Å². The molecule has 3 saturated heterocycles. The van der Waals surface area contributed by atoms with Crippen LogP contribution < -0.4 is 0 Å². The van der Waals surface area contributed by atoms with Crippen molar-refractivity contribution in [3.05, 3.63) is 12.2 Å². The topological polar surface area (TPSA) is 55.8 Å². The molecule has 0 N–H and O–H groups in total. The van der Waals surface area contributed by atoms with Crippen LogP contribution in [0.4, 0.5) is 0 Å². The molecule has 6 nitrogen and oxygen atoms in total. The van der Waals surface area contributed by atoms with Crippen LogP contribution in [0, 0.1) is 56.7 Å². The molecule has 258 valence electrons. The molecule has 3 heterocycles. The SMILES string of the molecule is C=C(C[N+]12CCN(CC1)CC2)[C@@H]1CC[C@]2(COC(C)=O)CC[C@]3(C)C(CCC4[C@@]5(C)CC[C@H](OC(C)=O)C(C)(C)C5CC[C@]43C)C12. The zero-order chi connectivity index (χ0) is 32.9. The van der Waals surface area contributed by atoms with Gasteiger partial charge in [0.15, 0.2) is 0 Å². The molecule has 46 heavy (non-hydrogen) atoms. The van der Waals surface area contributed by atoms with Gasteiger partial charge in [-0.2, -0.15) is 0 Å². The fourth-order valence-corrected chi connectivity index (χ4v) is 14.6. The Morgan fingerprint density at radius 1 is 0.783 bits per heavy atom. The Kier molecular flexibility index (Phi) is 7.96. The maximum absolute atomic E-state index is 12.2. The normalized spacial score (nSPS) is 50.4. The second-order valence-electron chi connectivity index (χ2n) is 19.1. The highest BCUT2D eigenvalue weighted by Gasteiger charge is 2.71. The third-order valence-electron chi connectivity index (χ3n) is 17.2. The van der Waals surface area contributed by atoms with Crippen molar-refractivity contribution in [1.82, 2.24) is 4.90 Å². The molecule has 0 aromatic carbocycles. The van der Waals surface area contributed by atoms with Crippen molar-refractivity contribution in [2.24, 2.45) is 56.7 Å². The molecule has 10 atom stereocenters. The Bertz CT molecular complexity index is 1240. The highest BCUT2D eigenvalue weighted by Crippen LogP contribution is 2.77. The van der Waals surface area contributed by atoms with Gasteiger partial charge in [-0.1, -0.05) is 41.2 Å². The van der Waals surface area contributed by atoms with Gasteiger partial charge >= 0.3 is 11.9 Å². The number of quaternary nitrogens is 1. The predicted octanol–water partition coefficient (Wildman–Crippen LogP) is 7.26. The van der Waals surface area contributed by atoms with Gasteiger partial charge in [-0.15, -0.1) is 0 Å². The van der Waals surface area contributed by atoms with Crippen molar-refractivity contribution in [3.63, 3.8) is 0 Å². The van der Waals surface area contributed by atoms with E-state index in [1.54, 1.807) is 13.8 Å². The van der Waals surface area contributed by atoms with Crippen molar-refractivity contribution in [1.29, 1.82) is 0 Å². The Morgan fingerprint density at radius 3 is 2.13 bits per heavy atom. The van der Waals surface area contributed by atoms with Gasteiger partial charge in [0, 0.05) is 44.3 Å². The lowest BCUT2D eigenvalue weighted by molar-refractivity contribution is -0.937. The van der Waals surface area contributed by atoms with Crippen LogP contribution in [-0.4, -0.2) is 79.8 Å². The van der Waals surface area contributed by atoms with Crippen molar-refractivity contribution in [2.45, 2.75) is 119 Å². The number of carbonyl (C=O) groups is 2. The van der Waals surface area contributed by atoms with E-state index in [1.807, 2.05) is 0 Å². The van der Waals surface area contributed by atoms with Crippen LogP contribution in [0.1, 0.15) is 113 Å². The molecule has 8 rings (SSSR count). The first-order valence-corrected chi connectivity index (χ1v) is 19.2. The number of carbonyl (C=O) groups excluding carboxylic acids is 2. The van der Waals surface area contributed by atoms with E-state index in [2.05, 4.69) is 39.5 Å². The minimum Gasteiger partial charge on any atom is -0.465 e. The number of rotatable bonds is 6. The summed E-state index contributed by atoms with van der Waals surface area (Å²) in [6.45, 7) is 30.3. The van der Waals surface area contributed by atoms with E-state index >= 15 is 0 Å². The summed E-state index contributed by atoms with van der Waals surface area (Å²) in [5.41, 5.74) is 2.40. The first-order valence-electron chi connectivity index (χ1n) is 19.2. The number of hydrogen-bond donors (Lipinski definition) is 0. The van der Waals surface area contributed by atoms with Crippen molar-refractivity contribution in [3.8, 4) is 0 Å². The molecule has 8 fully saturated rings. The van der Waals surface area contributed by atoms with Crippen molar-refractivity contribution < 1.29 is 23.5 Å². The van der Waals surface area contributed by atoms with Gasteiger partial charge in [0.05, 0.1) is 26.2 Å². The van der Waals surface area contributed by atoms with Crippen LogP contribution >= 0.6 is 0 Å². The lowest BCUT2D eigenvalue weighted by Gasteiger charge is -2.73. The minimum absolute atomic E-state index is 0.00920. The molecular weight excluding hydrogens is 572 g/mol. The minimum atomic E-state index is -0.130. The fraction of sp³-hybridized carbons (Fsp3) is 0.900. The smallest absolute Gasteiger partial charge is 0.302 e. The first kappa shape index (κ1) is 33.1. The van der Waals surface area contributed by atoms with E-state index in [4.69, 9.17) is 16.1 Å². The van der Waals surface area contributed by atoms with Crippen LogP contribution in [-0.2, 0) is 19.1 Å². The zero-order valence-electron chi connectivity index (χ0n) is 30.4. The molecule has 4 unspecified atom stereocenters. The van der Waals surface area contributed by atoms with Gasteiger partial charge < -0.3 is 14.0 Å². The third kappa shape index (κ3) is 4.75. The molecule has 5 saturated carbocycles. The van der Waals surface area contributed by atoms with E-state index in [0.717, 1.165) is 19.4 Å². The summed E-state index contributed by atoms with van der Waals surface area (Å²) in [7, 11) is 0. The first-order chi connectivity index (χ1) is 21.6. The number of hydrogen-bond acceptors (Lipinski definition) is 5. The van der Waals surface area contributed by atoms with Gasteiger partial charge in [0.25, 0.3) is 0 Å². The summed E-state index contributed by atoms with van der Waals surface area (Å²) in [5, 5.41) is 0. The van der Waals surface area contributed by atoms with Crippen molar-refractivity contribution >= 4 is 11.9 Å². The summed E-state index contributed by atoms with van der Waals surface area (Å²) in [6, 6.07) is 0. The monoisotopic (exact) mass is 637 g/mol. The van der Waals surface area contributed by atoms with E-state index in [-0.39, 0.29) is 45.1 Å². The average molecular weight is 638 g/mol. The van der Waals surface area contributed by atoms with Crippen LogP contribution in [0.25, 0.3) is 0 Å². The molecule has 0 spiro atoms. The highest BCUT2D eigenvalue weighted by molar-refractivity contribution is 5.66. The van der Waals surface area contributed by atoms with Crippen LogP contribution in [0.3, 0.4) is 0 Å². The molecule has 6 heteroatoms. The molecule has 5 aliphatic carbocycles. The van der Waals surface area contributed by atoms with Crippen molar-refractivity contribution in [2.75, 3.05) is 52.4 Å². The Balaban J connectivity index is 1.20. The number of ether oxygens (including phenoxy) is 2. The number of piperazine rings is 3. The average Bonchev–Trinajstić information content (AvgIpc) is 3.39. The quantitative estimate of drug-likeness (QED) is 0.174. The Hall–Kier alpha value is -1.40. The van der Waals surface area contributed by atoms with Gasteiger partial charge in [0.2, 0.25) is 0 Å². The molecule has 8 aliphatic rings. The molecule has 3 aliphatic heterocycles. The van der Waals surface area contributed by atoms with Gasteiger partial charge in [0.1, 0.15) is 12.6 Å². The molecular formula is C40H65N2O4+. The second kappa shape index (κ2) is 11.1. The van der Waals surface area contributed by atoms with Gasteiger partial charge in [-0.25, -0.2) is 0 Å². The zero-order valence-corrected chi connectivity index (χ0v) is 30.4. The van der Waals surface area contributed by atoms with Gasteiger partial charge in [-0.3, -0.25) is 14.5 Å². The molecule has 2 bridgehead atoms. The van der Waals surface area contributed by atoms with E-state index < -0.39 is 0 Å². The number of esters is 2. The maximum Gasteiger partial charge on any atom is 0.302 e. The maximum atomic E-state index is 12.2. The third-order valence-corrected chi connectivity index (χ3v) is 17.2. The summed E-state index contributed by atoms with van der Waals surface area (Å²) in [6.07, 6.45) is 12.1. The predicted molar refractivity (Wildman–Crippen MR) is 182 cm³/mol.